The molecule has 1 aromatic carbocycles. The van der Waals surface area contributed by atoms with E-state index in [2.05, 4.69) is 0 Å². The van der Waals surface area contributed by atoms with Crippen molar-refractivity contribution in [2.45, 2.75) is 61.8 Å². The minimum atomic E-state index is -5.16. The van der Waals surface area contributed by atoms with Gasteiger partial charge in [0.2, 0.25) is 0 Å². The van der Waals surface area contributed by atoms with Gasteiger partial charge in [-0.15, -0.1) is 0 Å². The van der Waals surface area contributed by atoms with Crippen LogP contribution in [0.5, 0.6) is 0 Å². The van der Waals surface area contributed by atoms with Crippen LogP contribution in [-0.4, -0.2) is 25.6 Å². The van der Waals surface area contributed by atoms with E-state index in [1.165, 1.54) is 24.3 Å². The van der Waals surface area contributed by atoms with Crippen molar-refractivity contribution >= 4 is 15.6 Å². The van der Waals surface area contributed by atoms with Gasteiger partial charge < -0.3 is 0 Å². The maximum atomic E-state index is 12.8. The lowest BCUT2D eigenvalue weighted by Gasteiger charge is -2.18. The Balaban J connectivity index is 2.97. The molecule has 130 valence electrons. The van der Waals surface area contributed by atoms with Crippen molar-refractivity contribution in [1.29, 1.82) is 0 Å². The highest BCUT2D eigenvalue weighted by Gasteiger charge is 2.48. The summed E-state index contributed by atoms with van der Waals surface area (Å²) in [5.74, 6) is -2.18. The summed E-state index contributed by atoms with van der Waals surface area (Å²) in [6, 6.07) is 6.82. The number of halogens is 3. The molecule has 0 aliphatic heterocycles. The minimum Gasteiger partial charge on any atom is -0.288 e. The van der Waals surface area contributed by atoms with Gasteiger partial charge in [0.15, 0.2) is 9.84 Å². The maximum Gasteiger partial charge on any atom is 0.451 e. The Kier molecular flexibility index (Phi) is 7.25. The fraction of sp³-hybridized carbons (Fsp3) is 0.562. The fourth-order valence-electron chi connectivity index (χ4n) is 2.32. The summed E-state index contributed by atoms with van der Waals surface area (Å²) in [4.78, 5) is 11.3. The van der Waals surface area contributed by atoms with Crippen molar-refractivity contribution < 1.29 is 26.4 Å². The molecule has 0 radical (unpaired) electrons. The minimum absolute atomic E-state index is 0.254. The first-order valence-electron chi connectivity index (χ1n) is 7.61. The molecule has 0 saturated carbocycles. The first kappa shape index (κ1) is 19.7. The number of Topliss-reactive ketones (excluding diaryl/α,β-unsaturated/α-hetero) is 1. The van der Waals surface area contributed by atoms with Crippen LogP contribution >= 0.6 is 0 Å². The Morgan fingerprint density at radius 1 is 1.04 bits per heavy atom. The molecule has 0 saturated heterocycles. The summed E-state index contributed by atoms with van der Waals surface area (Å²) >= 11 is 0. The van der Waals surface area contributed by atoms with Gasteiger partial charge in [-0.3, -0.25) is 4.79 Å². The predicted octanol–water partition coefficient (Wildman–Crippen LogP) is 4.32. The van der Waals surface area contributed by atoms with Crippen molar-refractivity contribution in [2.75, 3.05) is 0 Å². The number of benzene rings is 1. The standard InChI is InChI=1S/C16H21F3O3S/c1-2-3-4-5-9-12-14(15(20)16(17,18)19)23(21,22)13-10-7-6-8-11-13/h6-8,10-11,14H,2-5,9,12H2,1H3. The molecule has 1 unspecified atom stereocenters. The highest BCUT2D eigenvalue weighted by molar-refractivity contribution is 7.92. The quantitative estimate of drug-likeness (QED) is 0.623. The predicted molar refractivity (Wildman–Crippen MR) is 81.9 cm³/mol. The first-order chi connectivity index (χ1) is 10.7. The summed E-state index contributed by atoms with van der Waals surface area (Å²) in [5, 5.41) is -2.06. The first-order valence-corrected chi connectivity index (χ1v) is 9.16. The van der Waals surface area contributed by atoms with E-state index in [0.717, 1.165) is 19.3 Å². The Hall–Kier alpha value is -1.37. The van der Waals surface area contributed by atoms with Gasteiger partial charge in [-0.25, -0.2) is 8.42 Å². The zero-order chi connectivity index (χ0) is 17.5. The molecule has 0 aliphatic carbocycles. The van der Waals surface area contributed by atoms with E-state index >= 15 is 0 Å². The number of rotatable bonds is 9. The van der Waals surface area contributed by atoms with Crippen molar-refractivity contribution in [1.82, 2.24) is 0 Å². The van der Waals surface area contributed by atoms with Gasteiger partial charge in [-0.05, 0) is 18.6 Å². The smallest absolute Gasteiger partial charge is 0.288 e. The topological polar surface area (TPSA) is 51.2 Å². The summed E-state index contributed by atoms with van der Waals surface area (Å²) in [6.45, 7) is 2.00. The lowest BCUT2D eigenvalue weighted by molar-refractivity contribution is -0.170. The molecule has 23 heavy (non-hydrogen) atoms. The van der Waals surface area contributed by atoms with Crippen LogP contribution in [-0.2, 0) is 14.6 Å². The van der Waals surface area contributed by atoms with Crippen LogP contribution in [0.25, 0.3) is 0 Å². The molecule has 1 aromatic rings. The van der Waals surface area contributed by atoms with Crippen molar-refractivity contribution in [3.63, 3.8) is 0 Å². The third kappa shape index (κ3) is 5.64. The van der Waals surface area contributed by atoms with Crippen molar-refractivity contribution in [2.24, 2.45) is 0 Å². The number of alkyl halides is 3. The van der Waals surface area contributed by atoms with Gasteiger partial charge in [0.25, 0.3) is 5.78 Å². The van der Waals surface area contributed by atoms with Crippen LogP contribution in [0.2, 0.25) is 0 Å². The highest BCUT2D eigenvalue weighted by Crippen LogP contribution is 2.28. The monoisotopic (exact) mass is 350 g/mol. The zero-order valence-corrected chi connectivity index (χ0v) is 13.8. The van der Waals surface area contributed by atoms with Gasteiger partial charge in [-0.2, -0.15) is 13.2 Å². The van der Waals surface area contributed by atoms with E-state index in [1.54, 1.807) is 6.07 Å². The Bertz CT molecular complexity index is 595. The third-order valence-electron chi connectivity index (χ3n) is 3.59. The molecule has 0 N–H and O–H groups in total. The van der Waals surface area contributed by atoms with Gasteiger partial charge in [0, 0.05) is 0 Å². The molecule has 0 bridgehead atoms. The van der Waals surface area contributed by atoms with E-state index in [1.807, 2.05) is 6.92 Å². The van der Waals surface area contributed by atoms with Crippen LogP contribution in [0.4, 0.5) is 13.2 Å². The normalized spacial score (nSPS) is 13.7. The summed E-state index contributed by atoms with van der Waals surface area (Å²) in [5.41, 5.74) is 0. The van der Waals surface area contributed by atoms with E-state index < -0.39 is 27.0 Å². The molecule has 1 rings (SSSR count). The SMILES string of the molecule is CCCCCCCC(C(=O)C(F)(F)F)S(=O)(=O)c1ccccc1. The highest BCUT2D eigenvalue weighted by atomic mass is 32.2. The second kappa shape index (κ2) is 8.47. The Labute approximate surface area is 134 Å². The number of carbonyl (C=O) groups excluding carboxylic acids is 1. The van der Waals surface area contributed by atoms with Gasteiger partial charge in [-0.1, -0.05) is 57.2 Å². The molecular weight excluding hydrogens is 329 g/mol. The number of hydrogen-bond acceptors (Lipinski definition) is 3. The molecular formula is C16H21F3O3S. The third-order valence-corrected chi connectivity index (χ3v) is 5.72. The summed E-state index contributed by atoms with van der Waals surface area (Å²) in [6.07, 6.45) is -1.86. The van der Waals surface area contributed by atoms with E-state index in [9.17, 15) is 26.4 Å². The van der Waals surface area contributed by atoms with Crippen molar-refractivity contribution in [3.05, 3.63) is 30.3 Å². The molecule has 0 spiro atoms. The molecule has 0 aromatic heterocycles. The van der Waals surface area contributed by atoms with Gasteiger partial charge in [0.05, 0.1) is 4.90 Å². The van der Waals surface area contributed by atoms with Crippen LogP contribution in [0.1, 0.15) is 45.4 Å². The molecule has 1 atom stereocenters. The molecule has 7 heteroatoms. The van der Waals surface area contributed by atoms with E-state index in [-0.39, 0.29) is 17.7 Å². The Morgan fingerprint density at radius 2 is 1.61 bits per heavy atom. The number of carbonyl (C=O) groups is 1. The van der Waals surface area contributed by atoms with Gasteiger partial charge >= 0.3 is 6.18 Å². The number of unbranched alkanes of at least 4 members (excludes halogenated alkanes) is 4. The molecule has 0 aliphatic rings. The van der Waals surface area contributed by atoms with Crippen LogP contribution in [0.3, 0.4) is 0 Å². The lowest BCUT2D eigenvalue weighted by atomic mass is 10.1. The van der Waals surface area contributed by atoms with Crippen LogP contribution in [0, 0.1) is 0 Å². The summed E-state index contributed by atoms with van der Waals surface area (Å²) < 4.78 is 63.1. The fourth-order valence-corrected chi connectivity index (χ4v) is 4.07. The van der Waals surface area contributed by atoms with E-state index in [0.29, 0.717) is 6.42 Å². The average Bonchev–Trinajstić information content (AvgIpc) is 2.50. The van der Waals surface area contributed by atoms with Crippen LogP contribution in [0.15, 0.2) is 35.2 Å². The number of ketones is 1. The van der Waals surface area contributed by atoms with E-state index in [4.69, 9.17) is 0 Å². The average molecular weight is 350 g/mol. The zero-order valence-electron chi connectivity index (χ0n) is 13.0. The molecule has 0 fully saturated rings. The van der Waals surface area contributed by atoms with Crippen molar-refractivity contribution in [3.8, 4) is 0 Å². The number of sulfone groups is 1. The molecule has 0 amide bonds. The largest absolute Gasteiger partial charge is 0.451 e. The number of hydrogen-bond donors (Lipinski definition) is 0. The van der Waals surface area contributed by atoms with Crippen LogP contribution < -0.4 is 0 Å². The maximum absolute atomic E-state index is 12.8. The Morgan fingerprint density at radius 3 is 2.13 bits per heavy atom. The summed E-state index contributed by atoms with van der Waals surface area (Å²) in [7, 11) is -4.35. The second-order valence-corrected chi connectivity index (χ2v) is 7.54. The lowest BCUT2D eigenvalue weighted by Crippen LogP contribution is -2.39. The second-order valence-electron chi connectivity index (χ2n) is 5.41. The molecule has 3 nitrogen and oxygen atoms in total. The van der Waals surface area contributed by atoms with Gasteiger partial charge in [0.1, 0.15) is 5.25 Å². The molecule has 0 heterocycles.